The van der Waals surface area contributed by atoms with E-state index in [-0.39, 0.29) is 50.2 Å². The number of allylic oxidation sites excluding steroid dienone is 1. The van der Waals surface area contributed by atoms with E-state index in [9.17, 15) is 9.59 Å². The predicted octanol–water partition coefficient (Wildman–Crippen LogP) is 9.75. The van der Waals surface area contributed by atoms with Crippen molar-refractivity contribution in [3.8, 4) is 0 Å². The first kappa shape index (κ1) is 35.2. The number of carbonyl (C=O) groups excluding carboxylic acids is 2. The van der Waals surface area contributed by atoms with E-state index in [0.29, 0.717) is 36.2 Å². The van der Waals surface area contributed by atoms with Gasteiger partial charge in [0.15, 0.2) is 8.32 Å². The number of fused-ring (bicyclic) bond motifs is 7. The minimum absolute atomic E-state index is 0.0301. The number of hydrogen-bond acceptors (Lipinski definition) is 5. The molecular formula is C39H66O5Si. The molecular weight excluding hydrogens is 577 g/mol. The second-order valence-electron chi connectivity index (χ2n) is 19.0. The van der Waals surface area contributed by atoms with Crippen molar-refractivity contribution in [3.05, 3.63) is 12.2 Å². The average molecular weight is 643 g/mol. The number of hydrogen-bond donors (Lipinski definition) is 0. The fourth-order valence-corrected chi connectivity index (χ4v) is 14.1. The number of esters is 2. The molecule has 45 heavy (non-hydrogen) atoms. The van der Waals surface area contributed by atoms with Crippen LogP contribution < -0.4 is 0 Å². The largest absolute Gasteiger partial charge is 0.469 e. The minimum atomic E-state index is -2.04. The Morgan fingerprint density at radius 3 is 2.09 bits per heavy atom. The molecule has 0 aromatic rings. The fourth-order valence-electron chi connectivity index (χ4n) is 12.7. The van der Waals surface area contributed by atoms with Crippen LogP contribution in [-0.2, 0) is 23.5 Å². The Morgan fingerprint density at radius 2 is 1.51 bits per heavy atom. The van der Waals surface area contributed by atoms with Crippen LogP contribution >= 0.6 is 0 Å². The van der Waals surface area contributed by atoms with Gasteiger partial charge >= 0.3 is 11.9 Å². The van der Waals surface area contributed by atoms with E-state index in [4.69, 9.17) is 13.9 Å². The molecule has 0 amide bonds. The SMILES string of the molecule is C=C(C)[C@@H]1CC[C@]2(C(=O)OC)CC[C@]3(C)[C@H](CC[C@@H]4[C@@]5(C)CCC(O[Si](C)(C)C(C)(C)C)C(C)(COC(C)=O)[C@@H]5CC[C@]43C)[C@@H]12. The highest BCUT2D eigenvalue weighted by molar-refractivity contribution is 6.74. The molecule has 0 radical (unpaired) electrons. The first-order valence-corrected chi connectivity index (χ1v) is 21.1. The number of carbonyl (C=O) groups is 2. The molecule has 5 fully saturated rings. The van der Waals surface area contributed by atoms with Crippen LogP contribution in [0.1, 0.15) is 127 Å². The molecule has 0 heterocycles. The van der Waals surface area contributed by atoms with Gasteiger partial charge in [-0.2, -0.15) is 0 Å². The minimum Gasteiger partial charge on any atom is -0.469 e. The standard InChI is InChI=1S/C39H66O5Si/c1-25(2)27-16-21-39(33(41)42-11)23-22-37(9)28(32(27)39)14-15-30-35(7)19-18-31(44-45(12,13)34(4,5)6)36(8,24-43-26(3)40)29(35)17-20-38(30,37)10/h27-32H,1,14-24H2,2-13H3/t27-,28+,29+,30+,31?,32+,35-,36?,37+,38+,39-/m0/s1. The van der Waals surface area contributed by atoms with Crippen LogP contribution in [-0.4, -0.2) is 40.1 Å². The van der Waals surface area contributed by atoms with E-state index in [1.165, 1.54) is 24.8 Å². The third kappa shape index (κ3) is 4.98. The Kier molecular flexibility index (Phi) is 8.76. The molecule has 0 bridgehead atoms. The maximum atomic E-state index is 13.6. The Hall–Kier alpha value is -1.14. The Morgan fingerprint density at radius 1 is 0.844 bits per heavy atom. The van der Waals surface area contributed by atoms with Gasteiger partial charge in [-0.15, -0.1) is 0 Å². The molecule has 5 saturated carbocycles. The fraction of sp³-hybridized carbons (Fsp3) is 0.897. The third-order valence-corrected chi connectivity index (χ3v) is 20.7. The summed E-state index contributed by atoms with van der Waals surface area (Å²) in [5.41, 5.74) is 1.15. The van der Waals surface area contributed by atoms with Gasteiger partial charge in [-0.1, -0.05) is 60.6 Å². The molecule has 6 heteroatoms. The van der Waals surface area contributed by atoms with E-state index >= 15 is 0 Å². The maximum absolute atomic E-state index is 13.6. The molecule has 0 aliphatic heterocycles. The van der Waals surface area contributed by atoms with Crippen molar-refractivity contribution < 1.29 is 23.5 Å². The smallest absolute Gasteiger partial charge is 0.312 e. The maximum Gasteiger partial charge on any atom is 0.312 e. The van der Waals surface area contributed by atoms with Gasteiger partial charge in [0.1, 0.15) is 0 Å². The first-order chi connectivity index (χ1) is 20.6. The highest BCUT2D eigenvalue weighted by atomic mass is 28.4. The van der Waals surface area contributed by atoms with Crippen LogP contribution in [0.2, 0.25) is 18.1 Å². The number of methoxy groups -OCH3 is 1. The summed E-state index contributed by atoms with van der Waals surface area (Å²) in [6.07, 6.45) is 11.0. The lowest BCUT2D eigenvalue weighted by molar-refractivity contribution is -0.254. The van der Waals surface area contributed by atoms with Gasteiger partial charge in [0.05, 0.1) is 25.2 Å². The Balaban J connectivity index is 1.52. The summed E-state index contributed by atoms with van der Waals surface area (Å²) in [6.45, 7) is 30.6. The van der Waals surface area contributed by atoms with Crippen LogP contribution in [0.3, 0.4) is 0 Å². The average Bonchev–Trinajstić information content (AvgIpc) is 3.34. The molecule has 256 valence electrons. The highest BCUT2D eigenvalue weighted by Gasteiger charge is 2.72. The van der Waals surface area contributed by atoms with E-state index < -0.39 is 8.32 Å². The summed E-state index contributed by atoms with van der Waals surface area (Å²) in [7, 11) is -0.445. The second-order valence-corrected chi connectivity index (χ2v) is 23.8. The predicted molar refractivity (Wildman–Crippen MR) is 184 cm³/mol. The summed E-state index contributed by atoms with van der Waals surface area (Å²) in [5.74, 6) is 2.08. The molecule has 0 N–H and O–H groups in total. The molecule has 0 saturated heterocycles. The zero-order chi connectivity index (χ0) is 33.6. The zero-order valence-electron chi connectivity index (χ0n) is 31.0. The Bertz CT molecular complexity index is 1200. The molecule has 2 unspecified atom stereocenters. The summed E-state index contributed by atoms with van der Waals surface area (Å²) in [6, 6.07) is 0. The Labute approximate surface area is 276 Å². The molecule has 5 rings (SSSR count). The highest BCUT2D eigenvalue weighted by Crippen LogP contribution is 2.77. The molecule has 11 atom stereocenters. The molecule has 0 aromatic carbocycles. The molecule has 5 nitrogen and oxygen atoms in total. The van der Waals surface area contributed by atoms with E-state index in [1.807, 2.05) is 0 Å². The molecule has 0 spiro atoms. The quantitative estimate of drug-likeness (QED) is 0.164. The summed E-state index contributed by atoms with van der Waals surface area (Å²) < 4.78 is 18.8. The first-order valence-electron chi connectivity index (χ1n) is 18.2. The van der Waals surface area contributed by atoms with E-state index in [1.54, 1.807) is 14.0 Å². The van der Waals surface area contributed by atoms with E-state index in [0.717, 1.165) is 44.9 Å². The zero-order valence-corrected chi connectivity index (χ0v) is 32.0. The van der Waals surface area contributed by atoms with Crippen molar-refractivity contribution in [3.63, 3.8) is 0 Å². The van der Waals surface area contributed by atoms with Gasteiger partial charge in [-0.25, -0.2) is 0 Å². The van der Waals surface area contributed by atoms with Gasteiger partial charge < -0.3 is 13.9 Å². The van der Waals surface area contributed by atoms with Crippen LogP contribution in [0, 0.1) is 56.7 Å². The number of ether oxygens (including phenoxy) is 2. The molecule has 5 aliphatic rings. The van der Waals surface area contributed by atoms with Crippen molar-refractivity contribution in [2.75, 3.05) is 13.7 Å². The van der Waals surface area contributed by atoms with Gasteiger partial charge in [-0.3, -0.25) is 9.59 Å². The van der Waals surface area contributed by atoms with Crippen LogP contribution in [0.5, 0.6) is 0 Å². The van der Waals surface area contributed by atoms with Gasteiger partial charge in [0, 0.05) is 12.3 Å². The van der Waals surface area contributed by atoms with Crippen LogP contribution in [0.25, 0.3) is 0 Å². The number of rotatable bonds is 6. The van der Waals surface area contributed by atoms with Crippen molar-refractivity contribution in [1.82, 2.24) is 0 Å². The van der Waals surface area contributed by atoms with E-state index in [2.05, 4.69) is 75.1 Å². The van der Waals surface area contributed by atoms with Crippen molar-refractivity contribution >= 4 is 20.3 Å². The normalized spacial score (nSPS) is 46.2. The molecule has 5 aliphatic carbocycles. The van der Waals surface area contributed by atoms with Crippen molar-refractivity contribution in [2.24, 2.45) is 56.7 Å². The molecule has 0 aromatic heterocycles. The van der Waals surface area contributed by atoms with Gasteiger partial charge in [0.2, 0.25) is 0 Å². The van der Waals surface area contributed by atoms with Gasteiger partial charge in [-0.05, 0) is 135 Å². The lowest BCUT2D eigenvalue weighted by Gasteiger charge is -2.73. The summed E-state index contributed by atoms with van der Waals surface area (Å²) in [4.78, 5) is 25.9. The van der Waals surface area contributed by atoms with Crippen LogP contribution in [0.4, 0.5) is 0 Å². The van der Waals surface area contributed by atoms with Crippen molar-refractivity contribution in [1.29, 1.82) is 0 Å². The lowest BCUT2D eigenvalue weighted by Crippen LogP contribution is -2.68. The summed E-state index contributed by atoms with van der Waals surface area (Å²) in [5, 5.41) is 0.122. The third-order valence-electron chi connectivity index (χ3n) is 16.2. The lowest BCUT2D eigenvalue weighted by atomic mass is 9.32. The monoisotopic (exact) mass is 642 g/mol. The van der Waals surface area contributed by atoms with Crippen LogP contribution in [0.15, 0.2) is 12.2 Å². The topological polar surface area (TPSA) is 61.8 Å². The van der Waals surface area contributed by atoms with Crippen molar-refractivity contribution in [2.45, 2.75) is 151 Å². The van der Waals surface area contributed by atoms with Gasteiger partial charge in [0.25, 0.3) is 0 Å². The second kappa shape index (κ2) is 11.2. The summed E-state index contributed by atoms with van der Waals surface area (Å²) >= 11 is 0.